The van der Waals surface area contributed by atoms with E-state index in [-0.39, 0.29) is 6.04 Å². The fourth-order valence-electron chi connectivity index (χ4n) is 1.72. The SMILES string of the molecule is Cc1ncc(-c2nnc(C(N)c3ccccc3)s2)s1. The summed E-state index contributed by atoms with van der Waals surface area (Å²) in [6.45, 7) is 1.98. The van der Waals surface area contributed by atoms with Crippen LogP contribution in [0.25, 0.3) is 9.88 Å². The Labute approximate surface area is 119 Å². The number of hydrogen-bond acceptors (Lipinski definition) is 6. The standard InChI is InChI=1S/C13H12N4S2/c1-8-15-7-10(18-8)12-16-17-13(19-12)11(14)9-5-3-2-4-6-9/h2-7,11H,14H2,1H3. The fourth-order valence-corrected chi connectivity index (χ4v) is 3.41. The predicted octanol–water partition coefficient (Wildman–Crippen LogP) is 3.02. The normalized spacial score (nSPS) is 12.5. The molecule has 0 bridgehead atoms. The van der Waals surface area contributed by atoms with Crippen molar-refractivity contribution >= 4 is 22.7 Å². The molecule has 0 saturated carbocycles. The summed E-state index contributed by atoms with van der Waals surface area (Å²) < 4.78 is 0. The smallest absolute Gasteiger partial charge is 0.159 e. The van der Waals surface area contributed by atoms with Crippen LogP contribution in [0.4, 0.5) is 0 Å². The molecule has 0 amide bonds. The first-order valence-corrected chi connectivity index (χ1v) is 7.44. The molecule has 0 aliphatic heterocycles. The minimum Gasteiger partial charge on any atom is -0.318 e. The van der Waals surface area contributed by atoms with Gasteiger partial charge in [0.25, 0.3) is 0 Å². The summed E-state index contributed by atoms with van der Waals surface area (Å²) >= 11 is 3.14. The van der Waals surface area contributed by atoms with Crippen molar-refractivity contribution in [3.8, 4) is 9.88 Å². The number of rotatable bonds is 3. The van der Waals surface area contributed by atoms with E-state index in [1.165, 1.54) is 11.3 Å². The Morgan fingerprint density at radius 1 is 1.11 bits per heavy atom. The summed E-state index contributed by atoms with van der Waals surface area (Å²) in [4.78, 5) is 5.27. The molecule has 1 unspecified atom stereocenters. The zero-order chi connectivity index (χ0) is 13.2. The highest BCUT2D eigenvalue weighted by Crippen LogP contribution is 2.31. The Kier molecular flexibility index (Phi) is 3.37. The van der Waals surface area contributed by atoms with Crippen molar-refractivity contribution in [3.05, 3.63) is 52.1 Å². The van der Waals surface area contributed by atoms with E-state index < -0.39 is 0 Å². The molecule has 0 spiro atoms. The van der Waals surface area contributed by atoms with Gasteiger partial charge in [-0.05, 0) is 12.5 Å². The Morgan fingerprint density at radius 2 is 1.89 bits per heavy atom. The summed E-state index contributed by atoms with van der Waals surface area (Å²) in [5.41, 5.74) is 7.26. The van der Waals surface area contributed by atoms with Gasteiger partial charge in [0, 0.05) is 6.20 Å². The lowest BCUT2D eigenvalue weighted by atomic mass is 10.1. The van der Waals surface area contributed by atoms with Gasteiger partial charge in [0.2, 0.25) is 0 Å². The van der Waals surface area contributed by atoms with E-state index in [1.807, 2.05) is 43.5 Å². The van der Waals surface area contributed by atoms with Crippen molar-refractivity contribution in [1.82, 2.24) is 15.2 Å². The predicted molar refractivity (Wildman–Crippen MR) is 78.2 cm³/mol. The molecule has 0 aliphatic carbocycles. The molecule has 0 fully saturated rings. The first-order valence-electron chi connectivity index (χ1n) is 5.81. The first kappa shape index (κ1) is 12.4. The van der Waals surface area contributed by atoms with Gasteiger partial charge in [-0.15, -0.1) is 21.5 Å². The van der Waals surface area contributed by atoms with Crippen LogP contribution in [0.2, 0.25) is 0 Å². The Bertz CT molecular complexity index is 675. The Hall–Kier alpha value is -1.63. The molecule has 1 aromatic carbocycles. The monoisotopic (exact) mass is 288 g/mol. The molecule has 2 N–H and O–H groups in total. The van der Waals surface area contributed by atoms with Gasteiger partial charge >= 0.3 is 0 Å². The number of aryl methyl sites for hydroxylation is 1. The molecule has 96 valence electrons. The average molecular weight is 288 g/mol. The lowest BCUT2D eigenvalue weighted by molar-refractivity contribution is 0.831. The van der Waals surface area contributed by atoms with E-state index in [9.17, 15) is 0 Å². The third-order valence-electron chi connectivity index (χ3n) is 2.70. The van der Waals surface area contributed by atoms with Gasteiger partial charge < -0.3 is 5.73 Å². The zero-order valence-electron chi connectivity index (χ0n) is 10.3. The topological polar surface area (TPSA) is 64.7 Å². The quantitative estimate of drug-likeness (QED) is 0.804. The van der Waals surface area contributed by atoms with Crippen molar-refractivity contribution in [2.24, 2.45) is 5.73 Å². The number of nitrogens with two attached hydrogens (primary N) is 1. The number of benzene rings is 1. The maximum absolute atomic E-state index is 6.21. The Morgan fingerprint density at radius 3 is 2.58 bits per heavy atom. The molecule has 0 saturated heterocycles. The minimum atomic E-state index is -0.221. The van der Waals surface area contributed by atoms with Gasteiger partial charge in [0.05, 0.1) is 15.9 Å². The van der Waals surface area contributed by atoms with Crippen LogP contribution in [-0.2, 0) is 0 Å². The summed E-state index contributed by atoms with van der Waals surface area (Å²) in [6, 6.07) is 9.71. The highest BCUT2D eigenvalue weighted by molar-refractivity contribution is 7.21. The maximum Gasteiger partial charge on any atom is 0.159 e. The van der Waals surface area contributed by atoms with E-state index in [0.29, 0.717) is 0 Å². The number of nitrogens with zero attached hydrogens (tertiary/aromatic N) is 3. The van der Waals surface area contributed by atoms with Gasteiger partial charge in [-0.2, -0.15) is 0 Å². The van der Waals surface area contributed by atoms with Crippen molar-refractivity contribution < 1.29 is 0 Å². The number of thiazole rings is 1. The molecule has 19 heavy (non-hydrogen) atoms. The largest absolute Gasteiger partial charge is 0.318 e. The van der Waals surface area contributed by atoms with Crippen molar-refractivity contribution in [2.75, 3.05) is 0 Å². The molecular weight excluding hydrogens is 276 g/mol. The summed E-state index contributed by atoms with van der Waals surface area (Å²) in [7, 11) is 0. The average Bonchev–Trinajstić information content (AvgIpc) is 3.07. The highest BCUT2D eigenvalue weighted by atomic mass is 32.1. The van der Waals surface area contributed by atoms with Crippen molar-refractivity contribution in [1.29, 1.82) is 0 Å². The van der Waals surface area contributed by atoms with Crippen LogP contribution < -0.4 is 5.73 Å². The summed E-state index contributed by atoms with van der Waals surface area (Å²) in [6.07, 6.45) is 1.83. The molecule has 6 heteroatoms. The number of aromatic nitrogens is 3. The highest BCUT2D eigenvalue weighted by Gasteiger charge is 2.16. The van der Waals surface area contributed by atoms with Gasteiger partial charge in [0.15, 0.2) is 5.01 Å². The summed E-state index contributed by atoms with van der Waals surface area (Å²) in [5, 5.41) is 11.1. The van der Waals surface area contributed by atoms with E-state index in [0.717, 1.165) is 25.5 Å². The fraction of sp³-hybridized carbons (Fsp3) is 0.154. The first-order chi connectivity index (χ1) is 9.24. The van der Waals surface area contributed by atoms with Gasteiger partial charge in [-0.1, -0.05) is 41.7 Å². The lowest BCUT2D eigenvalue weighted by Crippen LogP contribution is -2.11. The van der Waals surface area contributed by atoms with Crippen LogP contribution in [0.3, 0.4) is 0 Å². The molecule has 0 radical (unpaired) electrons. The van der Waals surface area contributed by atoms with Crippen molar-refractivity contribution in [2.45, 2.75) is 13.0 Å². The molecule has 2 aromatic heterocycles. The molecule has 0 aliphatic rings. The minimum absolute atomic E-state index is 0.221. The maximum atomic E-state index is 6.21. The van der Waals surface area contributed by atoms with Crippen LogP contribution in [0, 0.1) is 6.92 Å². The van der Waals surface area contributed by atoms with E-state index >= 15 is 0 Å². The second-order valence-corrected chi connectivity index (χ2v) is 6.32. The van der Waals surface area contributed by atoms with Crippen LogP contribution in [0.1, 0.15) is 21.6 Å². The van der Waals surface area contributed by atoms with E-state index in [2.05, 4.69) is 15.2 Å². The molecule has 1 atom stereocenters. The van der Waals surface area contributed by atoms with E-state index in [4.69, 9.17) is 5.73 Å². The molecule has 3 rings (SSSR count). The zero-order valence-corrected chi connectivity index (χ0v) is 11.9. The van der Waals surface area contributed by atoms with Crippen LogP contribution in [-0.4, -0.2) is 15.2 Å². The van der Waals surface area contributed by atoms with Crippen LogP contribution in [0.15, 0.2) is 36.5 Å². The molecular formula is C13H12N4S2. The molecule has 2 heterocycles. The van der Waals surface area contributed by atoms with Gasteiger partial charge in [-0.25, -0.2) is 4.98 Å². The number of hydrogen-bond donors (Lipinski definition) is 1. The molecule has 4 nitrogen and oxygen atoms in total. The second-order valence-electron chi connectivity index (χ2n) is 4.08. The van der Waals surface area contributed by atoms with Crippen LogP contribution in [0.5, 0.6) is 0 Å². The Balaban J connectivity index is 1.89. The van der Waals surface area contributed by atoms with E-state index in [1.54, 1.807) is 11.3 Å². The van der Waals surface area contributed by atoms with Gasteiger partial charge in [-0.3, -0.25) is 0 Å². The lowest BCUT2D eigenvalue weighted by Gasteiger charge is -2.06. The van der Waals surface area contributed by atoms with Crippen LogP contribution >= 0.6 is 22.7 Å². The third kappa shape index (κ3) is 2.56. The van der Waals surface area contributed by atoms with Gasteiger partial charge in [0.1, 0.15) is 5.01 Å². The second kappa shape index (κ2) is 5.16. The molecule has 3 aromatic rings. The summed E-state index contributed by atoms with van der Waals surface area (Å²) in [5.74, 6) is 0. The van der Waals surface area contributed by atoms with Crippen molar-refractivity contribution in [3.63, 3.8) is 0 Å². The third-order valence-corrected chi connectivity index (χ3v) is 4.79.